The standard InChI is InChI=1S/C14H22N2OS2/c1-9(12-7-10-2-3-11(12)6-10)16-13(17)8-19-14-15-4-5-18-14/h9-12H,2-8H2,1H3,(H,16,17)/t9-,10-,11-,12+/m0/s1. The summed E-state index contributed by atoms with van der Waals surface area (Å²) in [5, 5.41) is 3.21. The van der Waals surface area contributed by atoms with Crippen LogP contribution < -0.4 is 5.32 Å². The molecule has 1 N–H and O–H groups in total. The highest BCUT2D eigenvalue weighted by atomic mass is 32.2. The monoisotopic (exact) mass is 298 g/mol. The van der Waals surface area contributed by atoms with Gasteiger partial charge >= 0.3 is 0 Å². The molecule has 3 rings (SSSR count). The van der Waals surface area contributed by atoms with Gasteiger partial charge in [-0.3, -0.25) is 9.79 Å². The molecule has 1 amide bonds. The van der Waals surface area contributed by atoms with Crippen LogP contribution in [-0.2, 0) is 4.79 Å². The predicted octanol–water partition coefficient (Wildman–Crippen LogP) is 2.76. The first kappa shape index (κ1) is 13.8. The van der Waals surface area contributed by atoms with Crippen molar-refractivity contribution in [3.05, 3.63) is 0 Å². The first-order valence-corrected chi connectivity index (χ1v) is 9.29. The van der Waals surface area contributed by atoms with Gasteiger partial charge in [0.15, 0.2) is 0 Å². The van der Waals surface area contributed by atoms with Gasteiger partial charge in [-0.15, -0.1) is 0 Å². The Labute approximate surface area is 123 Å². The van der Waals surface area contributed by atoms with E-state index in [-0.39, 0.29) is 5.91 Å². The van der Waals surface area contributed by atoms with Gasteiger partial charge < -0.3 is 5.32 Å². The molecule has 2 fully saturated rings. The molecule has 4 atom stereocenters. The van der Waals surface area contributed by atoms with Crippen LogP contribution in [0.1, 0.15) is 32.6 Å². The highest BCUT2D eigenvalue weighted by Crippen LogP contribution is 2.49. The Kier molecular flexibility index (Phi) is 4.42. The largest absolute Gasteiger partial charge is 0.353 e. The summed E-state index contributed by atoms with van der Waals surface area (Å²) in [4.78, 5) is 16.3. The Bertz CT molecular complexity index is 386. The number of nitrogens with one attached hydrogen (secondary N) is 1. The average Bonchev–Trinajstić information content (AvgIpc) is 3.13. The molecule has 5 heteroatoms. The van der Waals surface area contributed by atoms with E-state index in [1.54, 1.807) is 23.5 Å². The fourth-order valence-corrected chi connectivity index (χ4v) is 5.66. The summed E-state index contributed by atoms with van der Waals surface area (Å²) in [6, 6.07) is 0.349. The van der Waals surface area contributed by atoms with Gasteiger partial charge in [0.25, 0.3) is 0 Å². The lowest BCUT2D eigenvalue weighted by molar-refractivity contribution is -0.119. The molecule has 0 saturated heterocycles. The van der Waals surface area contributed by atoms with E-state index in [1.807, 2.05) is 0 Å². The van der Waals surface area contributed by atoms with Crippen molar-refractivity contribution in [1.82, 2.24) is 5.32 Å². The van der Waals surface area contributed by atoms with Crippen LogP contribution in [0.25, 0.3) is 0 Å². The van der Waals surface area contributed by atoms with Gasteiger partial charge in [-0.25, -0.2) is 0 Å². The molecular formula is C14H22N2OS2. The zero-order valence-electron chi connectivity index (χ0n) is 11.4. The van der Waals surface area contributed by atoms with Crippen molar-refractivity contribution in [1.29, 1.82) is 0 Å². The number of aliphatic imine (C=N–C) groups is 1. The van der Waals surface area contributed by atoms with Crippen LogP contribution in [0, 0.1) is 17.8 Å². The molecule has 1 heterocycles. The van der Waals surface area contributed by atoms with Gasteiger partial charge in [0.1, 0.15) is 4.38 Å². The van der Waals surface area contributed by atoms with Crippen LogP contribution in [-0.4, -0.2) is 34.4 Å². The zero-order valence-corrected chi connectivity index (χ0v) is 13.1. The van der Waals surface area contributed by atoms with Gasteiger partial charge in [-0.1, -0.05) is 29.9 Å². The maximum Gasteiger partial charge on any atom is 0.230 e. The third-order valence-corrected chi connectivity index (χ3v) is 6.96. The zero-order chi connectivity index (χ0) is 13.2. The van der Waals surface area contributed by atoms with Crippen molar-refractivity contribution >= 4 is 33.8 Å². The fourth-order valence-electron chi connectivity index (χ4n) is 3.84. The highest BCUT2D eigenvalue weighted by Gasteiger charge is 2.42. The maximum absolute atomic E-state index is 12.0. The molecule has 2 saturated carbocycles. The van der Waals surface area contributed by atoms with Crippen molar-refractivity contribution < 1.29 is 4.79 Å². The highest BCUT2D eigenvalue weighted by molar-refractivity contribution is 8.39. The third kappa shape index (κ3) is 3.30. The third-order valence-electron chi connectivity index (χ3n) is 4.71. The summed E-state index contributed by atoms with van der Waals surface area (Å²) >= 11 is 3.36. The van der Waals surface area contributed by atoms with Crippen LogP contribution in [0.2, 0.25) is 0 Å². The number of carbonyl (C=O) groups is 1. The smallest absolute Gasteiger partial charge is 0.230 e. The van der Waals surface area contributed by atoms with Crippen LogP contribution in [0.4, 0.5) is 0 Å². The molecule has 2 bridgehead atoms. The van der Waals surface area contributed by atoms with Crippen molar-refractivity contribution in [2.75, 3.05) is 18.1 Å². The van der Waals surface area contributed by atoms with E-state index >= 15 is 0 Å². The van der Waals surface area contributed by atoms with Gasteiger partial charge in [0.2, 0.25) is 5.91 Å². The first-order chi connectivity index (χ1) is 9.22. The molecule has 0 spiro atoms. The second kappa shape index (κ2) is 6.08. The Morgan fingerprint density at radius 3 is 3.05 bits per heavy atom. The molecule has 1 aliphatic heterocycles. The fraction of sp³-hybridized carbons (Fsp3) is 0.857. The minimum Gasteiger partial charge on any atom is -0.353 e. The molecule has 3 aliphatic rings. The summed E-state index contributed by atoms with van der Waals surface area (Å²) in [6.07, 6.45) is 5.56. The molecule has 0 aromatic rings. The van der Waals surface area contributed by atoms with Crippen molar-refractivity contribution in [2.24, 2.45) is 22.7 Å². The number of carbonyl (C=O) groups excluding carboxylic acids is 1. The number of nitrogens with zero attached hydrogens (tertiary/aromatic N) is 1. The first-order valence-electron chi connectivity index (χ1n) is 7.32. The topological polar surface area (TPSA) is 41.5 Å². The van der Waals surface area contributed by atoms with Gasteiger partial charge in [-0.2, -0.15) is 0 Å². The van der Waals surface area contributed by atoms with Crippen LogP contribution in [0.3, 0.4) is 0 Å². The number of fused-ring (bicyclic) bond motifs is 2. The van der Waals surface area contributed by atoms with Gasteiger partial charge in [0, 0.05) is 11.8 Å². The molecule has 0 aromatic carbocycles. The van der Waals surface area contributed by atoms with Crippen molar-refractivity contribution in [3.8, 4) is 0 Å². The summed E-state index contributed by atoms with van der Waals surface area (Å²) in [7, 11) is 0. The Hall–Kier alpha value is -0.160. The lowest BCUT2D eigenvalue weighted by atomic mass is 9.84. The van der Waals surface area contributed by atoms with E-state index in [9.17, 15) is 4.79 Å². The van der Waals surface area contributed by atoms with Crippen LogP contribution in [0.15, 0.2) is 4.99 Å². The molecule has 2 aliphatic carbocycles. The molecule has 0 aromatic heterocycles. The Balaban J connectivity index is 1.41. The lowest BCUT2D eigenvalue weighted by Gasteiger charge is -2.28. The second-order valence-corrected chi connectivity index (χ2v) is 8.29. The summed E-state index contributed by atoms with van der Waals surface area (Å²) < 4.78 is 1.09. The average molecular weight is 298 g/mol. The normalized spacial score (nSPS) is 34.4. The van der Waals surface area contributed by atoms with Gasteiger partial charge in [-0.05, 0) is 43.9 Å². The molecule has 0 unspecified atom stereocenters. The molecule has 19 heavy (non-hydrogen) atoms. The number of hydrogen-bond acceptors (Lipinski definition) is 4. The number of hydrogen-bond donors (Lipinski definition) is 1. The van der Waals surface area contributed by atoms with E-state index in [2.05, 4.69) is 17.2 Å². The minimum absolute atomic E-state index is 0.176. The predicted molar refractivity (Wildman–Crippen MR) is 83.8 cm³/mol. The quantitative estimate of drug-likeness (QED) is 0.867. The SMILES string of the molecule is C[C@H](NC(=O)CSC1=NCCS1)[C@H]1C[C@H]2CC[C@H]1C2. The molecule has 0 radical (unpaired) electrons. The van der Waals surface area contributed by atoms with E-state index < -0.39 is 0 Å². The maximum atomic E-state index is 12.0. The minimum atomic E-state index is 0.176. The summed E-state index contributed by atoms with van der Waals surface area (Å²) in [5.74, 6) is 4.33. The summed E-state index contributed by atoms with van der Waals surface area (Å²) in [5.41, 5.74) is 0. The van der Waals surface area contributed by atoms with E-state index in [1.165, 1.54) is 25.7 Å². The van der Waals surface area contributed by atoms with Crippen LogP contribution in [0.5, 0.6) is 0 Å². The van der Waals surface area contributed by atoms with Crippen molar-refractivity contribution in [2.45, 2.75) is 38.6 Å². The Morgan fingerprint density at radius 2 is 2.42 bits per heavy atom. The Morgan fingerprint density at radius 1 is 1.53 bits per heavy atom. The number of rotatable bonds is 4. The number of thioether (sulfide) groups is 2. The molecular weight excluding hydrogens is 276 g/mol. The van der Waals surface area contributed by atoms with E-state index in [0.29, 0.717) is 11.8 Å². The number of amides is 1. The van der Waals surface area contributed by atoms with E-state index in [0.717, 1.165) is 34.4 Å². The van der Waals surface area contributed by atoms with E-state index in [4.69, 9.17) is 0 Å². The lowest BCUT2D eigenvalue weighted by Crippen LogP contribution is -2.41. The van der Waals surface area contributed by atoms with Crippen molar-refractivity contribution in [3.63, 3.8) is 0 Å². The molecule has 3 nitrogen and oxygen atoms in total. The second-order valence-electron chi connectivity index (χ2n) is 5.98. The molecule has 106 valence electrons. The summed E-state index contributed by atoms with van der Waals surface area (Å²) in [6.45, 7) is 3.10. The van der Waals surface area contributed by atoms with Crippen LogP contribution >= 0.6 is 23.5 Å². The van der Waals surface area contributed by atoms with Gasteiger partial charge in [0.05, 0.1) is 12.3 Å².